The fourth-order valence-electron chi connectivity index (χ4n) is 2.59. The van der Waals surface area contributed by atoms with Crippen LogP contribution in [0.5, 0.6) is 0 Å². The molecule has 1 aliphatic heterocycles. The first-order valence-corrected chi connectivity index (χ1v) is 11.3. The quantitative estimate of drug-likeness (QED) is 0.535. The van der Waals surface area contributed by atoms with Gasteiger partial charge in [0.1, 0.15) is 4.21 Å². The minimum absolute atomic E-state index is 0.0182. The third-order valence-corrected chi connectivity index (χ3v) is 9.12. The summed E-state index contributed by atoms with van der Waals surface area (Å²) in [5.41, 5.74) is -0.315. The van der Waals surface area contributed by atoms with Gasteiger partial charge in [0.25, 0.3) is 15.7 Å². The predicted molar refractivity (Wildman–Crippen MR) is 94.9 cm³/mol. The van der Waals surface area contributed by atoms with Crippen LogP contribution >= 0.6 is 11.3 Å². The Balaban J connectivity index is 1.77. The maximum Gasteiger partial charge on any atom is 0.270 e. The van der Waals surface area contributed by atoms with E-state index in [4.69, 9.17) is 0 Å². The van der Waals surface area contributed by atoms with Crippen LogP contribution in [0.15, 0.2) is 50.9 Å². The zero-order valence-corrected chi connectivity index (χ0v) is 15.8. The highest BCUT2D eigenvalue weighted by Crippen LogP contribution is 2.25. The minimum atomic E-state index is -3.93. The van der Waals surface area contributed by atoms with E-state index in [1.807, 2.05) is 0 Å². The number of nitrogens with zero attached hydrogens (tertiary/aromatic N) is 3. The number of piperazine rings is 1. The second kappa shape index (κ2) is 7.04. The molecule has 0 unspecified atom stereocenters. The Hall–Kier alpha value is -1.86. The largest absolute Gasteiger partial charge is 0.270 e. The lowest BCUT2D eigenvalue weighted by molar-refractivity contribution is -0.385. The van der Waals surface area contributed by atoms with Crippen molar-refractivity contribution in [2.75, 3.05) is 26.2 Å². The Bertz CT molecular complexity index is 1010. The molecule has 0 spiro atoms. The monoisotopic (exact) mass is 417 g/mol. The van der Waals surface area contributed by atoms with Crippen molar-refractivity contribution in [3.05, 3.63) is 51.9 Å². The molecule has 1 aliphatic rings. The van der Waals surface area contributed by atoms with Crippen molar-refractivity contribution in [2.24, 2.45) is 0 Å². The van der Waals surface area contributed by atoms with E-state index in [-0.39, 0.29) is 41.0 Å². The van der Waals surface area contributed by atoms with E-state index in [2.05, 4.69) is 0 Å². The van der Waals surface area contributed by atoms with E-state index in [9.17, 15) is 26.9 Å². The van der Waals surface area contributed by atoms with Crippen LogP contribution in [-0.2, 0) is 20.0 Å². The molecule has 0 N–H and O–H groups in total. The Morgan fingerprint density at radius 3 is 2.08 bits per heavy atom. The Kier molecular flexibility index (Phi) is 5.12. The molecule has 0 radical (unpaired) electrons. The van der Waals surface area contributed by atoms with Crippen LogP contribution in [0.25, 0.3) is 0 Å². The summed E-state index contributed by atoms with van der Waals surface area (Å²) >= 11 is 1.11. The van der Waals surface area contributed by atoms with E-state index in [0.29, 0.717) is 0 Å². The highest BCUT2D eigenvalue weighted by molar-refractivity contribution is 7.91. The van der Waals surface area contributed by atoms with E-state index >= 15 is 0 Å². The zero-order valence-electron chi connectivity index (χ0n) is 13.4. The normalized spacial score (nSPS) is 17.2. The molecule has 12 heteroatoms. The lowest BCUT2D eigenvalue weighted by atomic mass is 10.3. The first-order chi connectivity index (χ1) is 12.2. The number of hydrogen-bond donors (Lipinski definition) is 0. The molecule has 9 nitrogen and oxygen atoms in total. The summed E-state index contributed by atoms with van der Waals surface area (Å²) in [5, 5.41) is 12.5. The zero-order chi connectivity index (χ0) is 18.9. The Morgan fingerprint density at radius 2 is 1.54 bits per heavy atom. The van der Waals surface area contributed by atoms with Crippen LogP contribution in [0.2, 0.25) is 0 Å². The van der Waals surface area contributed by atoms with Crippen molar-refractivity contribution in [1.29, 1.82) is 0 Å². The summed E-state index contributed by atoms with van der Waals surface area (Å²) in [7, 11) is -7.56. The molecule has 0 aliphatic carbocycles. The second-order valence-electron chi connectivity index (χ2n) is 5.49. The van der Waals surface area contributed by atoms with Crippen molar-refractivity contribution in [2.45, 2.75) is 9.10 Å². The van der Waals surface area contributed by atoms with Crippen LogP contribution in [0.3, 0.4) is 0 Å². The molecule has 140 valence electrons. The molecule has 1 saturated heterocycles. The average Bonchev–Trinajstić information content (AvgIpc) is 3.17. The van der Waals surface area contributed by atoms with Crippen LogP contribution in [0.1, 0.15) is 0 Å². The molecule has 1 aromatic heterocycles. The summed E-state index contributed by atoms with van der Waals surface area (Å²) < 4.78 is 53.0. The van der Waals surface area contributed by atoms with Gasteiger partial charge in [-0.2, -0.15) is 8.61 Å². The van der Waals surface area contributed by atoms with Crippen molar-refractivity contribution in [1.82, 2.24) is 8.61 Å². The van der Waals surface area contributed by atoms with E-state index < -0.39 is 25.0 Å². The number of non-ortho nitro benzene ring substituents is 1. The van der Waals surface area contributed by atoms with Gasteiger partial charge in [-0.05, 0) is 17.5 Å². The number of thiophene rings is 1. The van der Waals surface area contributed by atoms with Crippen LogP contribution < -0.4 is 0 Å². The standard InChI is InChI=1S/C14H15N3O6S3/c18-17(19)12-3-1-4-13(11-12)25(20,21)15-6-8-16(9-7-15)26(22,23)14-5-2-10-24-14/h1-5,10-11H,6-9H2. The lowest BCUT2D eigenvalue weighted by Crippen LogP contribution is -2.50. The number of sulfonamides is 2. The van der Waals surface area contributed by atoms with Gasteiger partial charge in [-0.15, -0.1) is 11.3 Å². The summed E-state index contributed by atoms with van der Waals surface area (Å²) in [5.74, 6) is 0. The maximum atomic E-state index is 12.7. The highest BCUT2D eigenvalue weighted by Gasteiger charge is 2.34. The number of benzene rings is 1. The van der Waals surface area contributed by atoms with Gasteiger partial charge in [-0.25, -0.2) is 16.8 Å². The van der Waals surface area contributed by atoms with Crippen molar-refractivity contribution < 1.29 is 21.8 Å². The number of nitro benzene ring substituents is 1. The molecule has 0 bridgehead atoms. The van der Waals surface area contributed by atoms with E-state index in [1.54, 1.807) is 11.4 Å². The van der Waals surface area contributed by atoms with Crippen LogP contribution in [0.4, 0.5) is 5.69 Å². The average molecular weight is 417 g/mol. The number of nitro groups is 1. The van der Waals surface area contributed by atoms with Gasteiger partial charge >= 0.3 is 0 Å². The van der Waals surface area contributed by atoms with Crippen molar-refractivity contribution in [3.63, 3.8) is 0 Å². The molecular formula is C14H15N3O6S3. The molecule has 1 fully saturated rings. The molecule has 26 heavy (non-hydrogen) atoms. The Morgan fingerprint density at radius 1 is 0.923 bits per heavy atom. The van der Waals surface area contributed by atoms with Crippen LogP contribution in [0, 0.1) is 10.1 Å². The van der Waals surface area contributed by atoms with E-state index in [1.165, 1.54) is 28.6 Å². The van der Waals surface area contributed by atoms with Gasteiger partial charge in [0.2, 0.25) is 10.0 Å². The fraction of sp³-hybridized carbons (Fsp3) is 0.286. The van der Waals surface area contributed by atoms with Crippen molar-refractivity contribution in [3.8, 4) is 0 Å². The van der Waals surface area contributed by atoms with Gasteiger partial charge in [0, 0.05) is 38.3 Å². The summed E-state index contributed by atoms with van der Waals surface area (Å²) in [6.45, 7) is 0.00798. The maximum absolute atomic E-state index is 12.7. The van der Waals surface area contributed by atoms with Crippen molar-refractivity contribution >= 4 is 37.1 Å². The van der Waals surface area contributed by atoms with Gasteiger partial charge in [-0.1, -0.05) is 12.1 Å². The molecule has 3 rings (SSSR count). The minimum Gasteiger partial charge on any atom is -0.258 e. The lowest BCUT2D eigenvalue weighted by Gasteiger charge is -2.32. The first kappa shape index (κ1) is 18.9. The fourth-order valence-corrected chi connectivity index (χ4v) is 6.62. The third-order valence-electron chi connectivity index (χ3n) is 3.95. The molecule has 0 atom stereocenters. The number of rotatable bonds is 5. The molecule has 0 amide bonds. The van der Waals surface area contributed by atoms with E-state index in [0.717, 1.165) is 21.7 Å². The summed E-state index contributed by atoms with van der Waals surface area (Å²) in [6, 6.07) is 7.96. The molecule has 2 heterocycles. The third kappa shape index (κ3) is 3.50. The molecule has 2 aromatic rings. The molecule has 1 aromatic carbocycles. The van der Waals surface area contributed by atoms with Gasteiger partial charge in [0.05, 0.1) is 9.82 Å². The summed E-state index contributed by atoms with van der Waals surface area (Å²) in [6.07, 6.45) is 0. The molecule has 0 saturated carbocycles. The summed E-state index contributed by atoms with van der Waals surface area (Å²) in [4.78, 5) is 10.0. The van der Waals surface area contributed by atoms with Gasteiger partial charge < -0.3 is 0 Å². The Labute approximate surface area is 154 Å². The topological polar surface area (TPSA) is 118 Å². The SMILES string of the molecule is O=[N+]([O-])c1cccc(S(=O)(=O)N2CCN(S(=O)(=O)c3cccs3)CC2)c1. The smallest absolute Gasteiger partial charge is 0.258 e. The highest BCUT2D eigenvalue weighted by atomic mass is 32.2. The molecular weight excluding hydrogens is 402 g/mol. The second-order valence-corrected chi connectivity index (χ2v) is 10.5. The predicted octanol–water partition coefficient (Wildman–Crippen LogP) is 1.35. The number of hydrogen-bond acceptors (Lipinski definition) is 7. The first-order valence-electron chi connectivity index (χ1n) is 7.51. The van der Waals surface area contributed by atoms with Gasteiger partial charge in [0.15, 0.2) is 0 Å². The van der Waals surface area contributed by atoms with Gasteiger partial charge in [-0.3, -0.25) is 10.1 Å². The van der Waals surface area contributed by atoms with Crippen LogP contribution in [-0.4, -0.2) is 56.5 Å².